The monoisotopic (exact) mass is 373 g/mol. The standard InChI is InChI=1S/C20H27N3O4/c24-18-17(13-14-5-2-1-3-6-14)23(12-4-11-21-18)20(27)22-16-9-7-15(8-10-16)19(25)26/h1-3,5-6,15-17H,4,7-13H2,(H,21,24)(H,22,27)(H,25,26). The van der Waals surface area contributed by atoms with Crippen molar-refractivity contribution in [2.75, 3.05) is 13.1 Å². The average Bonchev–Trinajstić information content (AvgIpc) is 2.85. The number of rotatable bonds is 4. The molecule has 1 heterocycles. The number of benzene rings is 1. The summed E-state index contributed by atoms with van der Waals surface area (Å²) >= 11 is 0. The Hall–Kier alpha value is -2.57. The molecule has 7 heteroatoms. The lowest BCUT2D eigenvalue weighted by Crippen LogP contribution is -2.54. The van der Waals surface area contributed by atoms with Gasteiger partial charge < -0.3 is 20.6 Å². The molecule has 7 nitrogen and oxygen atoms in total. The Kier molecular flexibility index (Phi) is 6.32. The molecule has 146 valence electrons. The van der Waals surface area contributed by atoms with Crippen molar-refractivity contribution in [2.45, 2.75) is 50.6 Å². The van der Waals surface area contributed by atoms with Crippen molar-refractivity contribution in [2.24, 2.45) is 5.92 Å². The van der Waals surface area contributed by atoms with E-state index in [0.29, 0.717) is 45.2 Å². The number of carbonyl (C=O) groups excluding carboxylic acids is 2. The van der Waals surface area contributed by atoms with Gasteiger partial charge in [-0.15, -0.1) is 0 Å². The third kappa shape index (κ3) is 4.99. The van der Waals surface area contributed by atoms with Crippen LogP contribution in [0.25, 0.3) is 0 Å². The van der Waals surface area contributed by atoms with Crippen molar-refractivity contribution in [3.63, 3.8) is 0 Å². The molecule has 3 rings (SSSR count). The van der Waals surface area contributed by atoms with E-state index in [1.807, 2.05) is 30.3 Å². The molecule has 2 aliphatic rings. The van der Waals surface area contributed by atoms with E-state index in [4.69, 9.17) is 5.11 Å². The molecule has 0 radical (unpaired) electrons. The molecule has 27 heavy (non-hydrogen) atoms. The van der Waals surface area contributed by atoms with Crippen LogP contribution in [0.5, 0.6) is 0 Å². The van der Waals surface area contributed by atoms with Crippen molar-refractivity contribution in [3.05, 3.63) is 35.9 Å². The average molecular weight is 373 g/mol. The number of carbonyl (C=O) groups is 3. The minimum Gasteiger partial charge on any atom is -0.481 e. The quantitative estimate of drug-likeness (QED) is 0.749. The molecule has 1 aromatic carbocycles. The van der Waals surface area contributed by atoms with E-state index in [9.17, 15) is 14.4 Å². The summed E-state index contributed by atoms with van der Waals surface area (Å²) in [5.41, 5.74) is 1.01. The Morgan fingerprint density at radius 2 is 1.85 bits per heavy atom. The van der Waals surface area contributed by atoms with Gasteiger partial charge in [0.1, 0.15) is 6.04 Å². The zero-order chi connectivity index (χ0) is 19.2. The second-order valence-electron chi connectivity index (χ2n) is 7.38. The third-order valence-corrected chi connectivity index (χ3v) is 5.49. The van der Waals surface area contributed by atoms with Crippen LogP contribution in [-0.2, 0) is 16.0 Å². The molecular weight excluding hydrogens is 346 g/mol. The molecule has 1 unspecified atom stereocenters. The summed E-state index contributed by atoms with van der Waals surface area (Å²) < 4.78 is 0. The highest BCUT2D eigenvalue weighted by Crippen LogP contribution is 2.25. The molecule has 0 spiro atoms. The fourth-order valence-corrected chi connectivity index (χ4v) is 3.90. The van der Waals surface area contributed by atoms with E-state index in [1.165, 1.54) is 0 Å². The number of nitrogens with one attached hydrogen (secondary N) is 2. The molecule has 3 N–H and O–H groups in total. The molecule has 2 fully saturated rings. The van der Waals surface area contributed by atoms with Gasteiger partial charge in [-0.3, -0.25) is 9.59 Å². The molecule has 0 bridgehead atoms. The molecule has 1 saturated carbocycles. The lowest BCUT2D eigenvalue weighted by atomic mass is 9.86. The van der Waals surface area contributed by atoms with Gasteiger partial charge >= 0.3 is 12.0 Å². The first-order valence-corrected chi connectivity index (χ1v) is 9.66. The first-order chi connectivity index (χ1) is 13.0. The smallest absolute Gasteiger partial charge is 0.318 e. The zero-order valence-corrected chi connectivity index (χ0v) is 15.4. The van der Waals surface area contributed by atoms with Crippen LogP contribution < -0.4 is 10.6 Å². The first-order valence-electron chi connectivity index (χ1n) is 9.66. The zero-order valence-electron chi connectivity index (χ0n) is 15.4. The molecule has 1 aliphatic heterocycles. The summed E-state index contributed by atoms with van der Waals surface area (Å²) in [6.45, 7) is 1.09. The lowest BCUT2D eigenvalue weighted by molar-refractivity contribution is -0.142. The maximum Gasteiger partial charge on any atom is 0.318 e. The van der Waals surface area contributed by atoms with Gasteiger partial charge in [-0.2, -0.15) is 0 Å². The van der Waals surface area contributed by atoms with Gasteiger partial charge in [0, 0.05) is 25.6 Å². The molecule has 1 saturated heterocycles. The number of carboxylic acid groups (broad SMARTS) is 1. The highest BCUT2D eigenvalue weighted by molar-refractivity contribution is 5.87. The number of hydrogen-bond acceptors (Lipinski definition) is 3. The largest absolute Gasteiger partial charge is 0.481 e. The first kappa shape index (κ1) is 19.2. The Labute approximate surface area is 159 Å². The Balaban J connectivity index is 1.65. The highest BCUT2D eigenvalue weighted by Gasteiger charge is 2.33. The second-order valence-corrected chi connectivity index (χ2v) is 7.38. The summed E-state index contributed by atoms with van der Waals surface area (Å²) in [6.07, 6.45) is 3.67. The summed E-state index contributed by atoms with van der Waals surface area (Å²) in [4.78, 5) is 38.2. The lowest BCUT2D eigenvalue weighted by Gasteiger charge is -2.32. The fourth-order valence-electron chi connectivity index (χ4n) is 3.90. The minimum atomic E-state index is -0.758. The van der Waals surface area contributed by atoms with Gasteiger partial charge in [-0.1, -0.05) is 30.3 Å². The summed E-state index contributed by atoms with van der Waals surface area (Å²) in [6, 6.07) is 8.90. The Bertz CT molecular complexity index is 671. The van der Waals surface area contributed by atoms with Crippen LogP contribution in [0.3, 0.4) is 0 Å². The van der Waals surface area contributed by atoms with Gasteiger partial charge in [0.2, 0.25) is 5.91 Å². The molecule has 0 aromatic heterocycles. The van der Waals surface area contributed by atoms with Gasteiger partial charge in [0.05, 0.1) is 5.92 Å². The van der Waals surface area contributed by atoms with Crippen LogP contribution in [0.4, 0.5) is 4.79 Å². The van der Waals surface area contributed by atoms with Gasteiger partial charge in [-0.25, -0.2) is 4.79 Å². The van der Waals surface area contributed by atoms with Crippen molar-refractivity contribution in [1.82, 2.24) is 15.5 Å². The maximum atomic E-state index is 12.9. The summed E-state index contributed by atoms with van der Waals surface area (Å²) in [5, 5.41) is 15.0. The number of urea groups is 1. The van der Waals surface area contributed by atoms with Gasteiger partial charge in [0.25, 0.3) is 0 Å². The van der Waals surface area contributed by atoms with Crippen LogP contribution in [0, 0.1) is 5.92 Å². The van der Waals surface area contributed by atoms with Crippen LogP contribution >= 0.6 is 0 Å². The van der Waals surface area contributed by atoms with Crippen molar-refractivity contribution in [1.29, 1.82) is 0 Å². The van der Waals surface area contributed by atoms with E-state index >= 15 is 0 Å². The van der Waals surface area contributed by atoms with Crippen molar-refractivity contribution in [3.8, 4) is 0 Å². The fraction of sp³-hybridized carbons (Fsp3) is 0.550. The Morgan fingerprint density at radius 3 is 2.52 bits per heavy atom. The van der Waals surface area contributed by atoms with Crippen LogP contribution in [0.1, 0.15) is 37.7 Å². The predicted octanol–water partition coefficient (Wildman–Crippen LogP) is 1.77. The molecule has 1 atom stereocenters. The Morgan fingerprint density at radius 1 is 1.15 bits per heavy atom. The van der Waals surface area contributed by atoms with Crippen molar-refractivity contribution < 1.29 is 19.5 Å². The molecule has 3 amide bonds. The number of aliphatic carboxylic acids is 1. The SMILES string of the molecule is O=C(O)C1CCC(NC(=O)N2CCCNC(=O)C2Cc2ccccc2)CC1. The van der Waals surface area contributed by atoms with E-state index in [2.05, 4.69) is 10.6 Å². The van der Waals surface area contributed by atoms with E-state index in [0.717, 1.165) is 12.0 Å². The molecular formula is C20H27N3O4. The normalized spacial score (nSPS) is 26.0. The van der Waals surface area contributed by atoms with E-state index < -0.39 is 12.0 Å². The number of amides is 3. The number of hydrogen-bond donors (Lipinski definition) is 3. The number of carboxylic acids is 1. The predicted molar refractivity (Wildman–Crippen MR) is 100 cm³/mol. The summed E-state index contributed by atoms with van der Waals surface area (Å²) in [5.74, 6) is -1.19. The number of nitrogens with zero attached hydrogens (tertiary/aromatic N) is 1. The van der Waals surface area contributed by atoms with Crippen LogP contribution in [-0.4, -0.2) is 53.1 Å². The molecule has 1 aliphatic carbocycles. The van der Waals surface area contributed by atoms with Gasteiger partial charge in [-0.05, 0) is 37.7 Å². The topological polar surface area (TPSA) is 98.7 Å². The van der Waals surface area contributed by atoms with Crippen LogP contribution in [0.15, 0.2) is 30.3 Å². The van der Waals surface area contributed by atoms with E-state index in [-0.39, 0.29) is 23.9 Å². The van der Waals surface area contributed by atoms with E-state index in [1.54, 1.807) is 4.90 Å². The van der Waals surface area contributed by atoms with Crippen molar-refractivity contribution >= 4 is 17.9 Å². The van der Waals surface area contributed by atoms with Gasteiger partial charge in [0.15, 0.2) is 0 Å². The summed E-state index contributed by atoms with van der Waals surface area (Å²) in [7, 11) is 0. The third-order valence-electron chi connectivity index (χ3n) is 5.49. The minimum absolute atomic E-state index is 0.0308. The molecule has 1 aromatic rings. The maximum absolute atomic E-state index is 12.9. The highest BCUT2D eigenvalue weighted by atomic mass is 16.4. The van der Waals surface area contributed by atoms with Crippen LogP contribution in [0.2, 0.25) is 0 Å². The second kappa shape index (κ2) is 8.88.